The Labute approximate surface area is 113 Å². The topological polar surface area (TPSA) is 78.4 Å². The summed E-state index contributed by atoms with van der Waals surface area (Å²) in [6, 6.07) is 6.86. The fraction of sp³-hybridized carbons (Fsp3) is 0.429. The molecule has 1 rings (SSSR count). The summed E-state index contributed by atoms with van der Waals surface area (Å²) >= 11 is 0. The molecule has 2 amide bonds. The van der Waals surface area contributed by atoms with E-state index < -0.39 is 5.41 Å². The Hall–Kier alpha value is -1.88. The molecule has 5 heteroatoms. The first-order chi connectivity index (χ1) is 8.82. The second-order valence-electron chi connectivity index (χ2n) is 5.34. The maximum atomic E-state index is 11.6. The molecule has 0 heterocycles. The zero-order chi connectivity index (χ0) is 14.5. The Morgan fingerprint density at radius 2 is 1.74 bits per heavy atom. The van der Waals surface area contributed by atoms with Crippen LogP contribution in [0.25, 0.3) is 0 Å². The molecule has 3 N–H and O–H groups in total. The van der Waals surface area contributed by atoms with Gasteiger partial charge in [-0.1, -0.05) is 32.9 Å². The van der Waals surface area contributed by atoms with E-state index in [1.165, 1.54) is 0 Å². The zero-order valence-electron chi connectivity index (χ0n) is 11.5. The SMILES string of the molecule is CC(C)(C)C(=O)NCC(=O)Nc1ccc(CO)cc1. The molecule has 0 saturated heterocycles. The highest BCUT2D eigenvalue weighted by Gasteiger charge is 2.21. The third-order valence-electron chi connectivity index (χ3n) is 2.51. The molecule has 0 saturated carbocycles. The van der Waals surface area contributed by atoms with E-state index in [9.17, 15) is 9.59 Å². The summed E-state index contributed by atoms with van der Waals surface area (Å²) in [7, 11) is 0. The predicted octanol–water partition coefficient (Wildman–Crippen LogP) is 1.28. The molecule has 1 aromatic carbocycles. The van der Waals surface area contributed by atoms with Crippen LogP contribution in [0, 0.1) is 5.41 Å². The molecule has 0 radical (unpaired) electrons. The molecule has 1 aromatic rings. The van der Waals surface area contributed by atoms with Crippen molar-refractivity contribution in [3.8, 4) is 0 Å². The summed E-state index contributed by atoms with van der Waals surface area (Å²) in [5, 5.41) is 14.1. The Balaban J connectivity index is 2.45. The summed E-state index contributed by atoms with van der Waals surface area (Å²) in [5.41, 5.74) is 0.898. The molecule has 0 atom stereocenters. The molecule has 104 valence electrons. The summed E-state index contributed by atoms with van der Waals surface area (Å²) in [5.74, 6) is -0.451. The van der Waals surface area contributed by atoms with Crippen molar-refractivity contribution in [2.45, 2.75) is 27.4 Å². The molecule has 5 nitrogen and oxygen atoms in total. The minimum atomic E-state index is -0.511. The van der Waals surface area contributed by atoms with Crippen molar-refractivity contribution in [1.29, 1.82) is 0 Å². The standard InChI is InChI=1S/C14H20N2O3/c1-14(2,3)13(19)15-8-12(18)16-11-6-4-10(9-17)5-7-11/h4-7,17H,8-9H2,1-3H3,(H,15,19)(H,16,18). The number of aliphatic hydroxyl groups excluding tert-OH is 1. The molecule has 0 unspecified atom stereocenters. The van der Waals surface area contributed by atoms with Gasteiger partial charge in [-0.25, -0.2) is 0 Å². The van der Waals surface area contributed by atoms with Crippen molar-refractivity contribution in [1.82, 2.24) is 5.32 Å². The van der Waals surface area contributed by atoms with Gasteiger partial charge in [0, 0.05) is 11.1 Å². The second-order valence-corrected chi connectivity index (χ2v) is 5.34. The van der Waals surface area contributed by atoms with Crippen molar-refractivity contribution in [3.63, 3.8) is 0 Å². The number of hydrogen-bond acceptors (Lipinski definition) is 3. The number of aliphatic hydroxyl groups is 1. The van der Waals surface area contributed by atoms with Crippen LogP contribution in [-0.2, 0) is 16.2 Å². The second kappa shape index (κ2) is 6.33. The molecule has 0 bridgehead atoms. The van der Waals surface area contributed by atoms with Crippen LogP contribution in [0.4, 0.5) is 5.69 Å². The highest BCUT2D eigenvalue weighted by atomic mass is 16.3. The number of hydrogen-bond donors (Lipinski definition) is 3. The molecule has 0 aliphatic rings. The van der Waals surface area contributed by atoms with Crippen molar-refractivity contribution < 1.29 is 14.7 Å². The number of carbonyl (C=O) groups is 2. The molecular weight excluding hydrogens is 244 g/mol. The Bertz CT molecular complexity index is 447. The van der Waals surface area contributed by atoms with E-state index in [-0.39, 0.29) is 25.0 Å². The van der Waals surface area contributed by atoms with Gasteiger partial charge in [0.15, 0.2) is 0 Å². The van der Waals surface area contributed by atoms with Gasteiger partial charge in [-0.3, -0.25) is 9.59 Å². The van der Waals surface area contributed by atoms with Crippen molar-refractivity contribution in [2.24, 2.45) is 5.41 Å². The number of amides is 2. The zero-order valence-corrected chi connectivity index (χ0v) is 11.5. The molecule has 0 spiro atoms. The summed E-state index contributed by atoms with van der Waals surface area (Å²) in [4.78, 5) is 23.2. The van der Waals surface area contributed by atoms with Crippen LogP contribution in [0.2, 0.25) is 0 Å². The maximum Gasteiger partial charge on any atom is 0.243 e. The van der Waals surface area contributed by atoms with Crippen molar-refractivity contribution >= 4 is 17.5 Å². The average molecular weight is 264 g/mol. The van der Waals surface area contributed by atoms with Crippen LogP contribution in [0.5, 0.6) is 0 Å². The number of nitrogens with one attached hydrogen (secondary N) is 2. The van der Waals surface area contributed by atoms with Crippen LogP contribution in [0.3, 0.4) is 0 Å². The van der Waals surface area contributed by atoms with Gasteiger partial charge in [0.1, 0.15) is 0 Å². The van der Waals surface area contributed by atoms with Crippen LogP contribution >= 0.6 is 0 Å². The fourth-order valence-electron chi connectivity index (χ4n) is 1.32. The molecule has 0 aromatic heterocycles. The van der Waals surface area contributed by atoms with Crippen molar-refractivity contribution in [3.05, 3.63) is 29.8 Å². The predicted molar refractivity (Wildman–Crippen MR) is 73.5 cm³/mol. The third kappa shape index (κ3) is 5.09. The van der Waals surface area contributed by atoms with E-state index in [1.807, 2.05) is 0 Å². The summed E-state index contributed by atoms with van der Waals surface area (Å²) < 4.78 is 0. The highest BCUT2D eigenvalue weighted by molar-refractivity contribution is 5.95. The van der Waals surface area contributed by atoms with Crippen LogP contribution in [-0.4, -0.2) is 23.5 Å². The first-order valence-electron chi connectivity index (χ1n) is 6.11. The van der Waals surface area contributed by atoms with Gasteiger partial charge in [0.05, 0.1) is 13.2 Å². The molecule has 0 fully saturated rings. The number of anilines is 1. The lowest BCUT2D eigenvalue weighted by Crippen LogP contribution is -2.39. The fourth-order valence-corrected chi connectivity index (χ4v) is 1.32. The smallest absolute Gasteiger partial charge is 0.243 e. The number of rotatable bonds is 4. The highest BCUT2D eigenvalue weighted by Crippen LogP contribution is 2.12. The monoisotopic (exact) mass is 264 g/mol. The van der Waals surface area contributed by atoms with Gasteiger partial charge in [-0.05, 0) is 17.7 Å². The van der Waals surface area contributed by atoms with Gasteiger partial charge < -0.3 is 15.7 Å². The van der Waals surface area contributed by atoms with E-state index in [2.05, 4.69) is 10.6 Å². The third-order valence-corrected chi connectivity index (χ3v) is 2.51. The lowest BCUT2D eigenvalue weighted by atomic mass is 9.96. The summed E-state index contributed by atoms with van der Waals surface area (Å²) in [6.45, 7) is 5.27. The van der Waals surface area contributed by atoms with E-state index in [0.29, 0.717) is 5.69 Å². The Morgan fingerprint density at radius 1 is 1.16 bits per heavy atom. The first-order valence-corrected chi connectivity index (χ1v) is 6.11. The Kier molecular flexibility index (Phi) is 5.06. The normalized spacial score (nSPS) is 10.9. The number of benzene rings is 1. The molecule has 19 heavy (non-hydrogen) atoms. The minimum Gasteiger partial charge on any atom is -0.392 e. The number of carbonyl (C=O) groups excluding carboxylic acids is 2. The van der Waals surface area contributed by atoms with Gasteiger partial charge in [0.25, 0.3) is 0 Å². The Morgan fingerprint density at radius 3 is 2.21 bits per heavy atom. The first kappa shape index (κ1) is 15.2. The summed E-state index contributed by atoms with van der Waals surface area (Å²) in [6.07, 6.45) is 0. The van der Waals surface area contributed by atoms with Crippen molar-refractivity contribution in [2.75, 3.05) is 11.9 Å². The van der Waals surface area contributed by atoms with Crippen LogP contribution in [0.1, 0.15) is 26.3 Å². The van der Waals surface area contributed by atoms with E-state index in [1.54, 1.807) is 45.0 Å². The quantitative estimate of drug-likeness (QED) is 0.766. The largest absolute Gasteiger partial charge is 0.392 e. The lowest BCUT2D eigenvalue weighted by molar-refractivity contribution is -0.130. The van der Waals surface area contributed by atoms with E-state index >= 15 is 0 Å². The van der Waals surface area contributed by atoms with Gasteiger partial charge in [-0.15, -0.1) is 0 Å². The molecule has 0 aliphatic heterocycles. The van der Waals surface area contributed by atoms with Gasteiger partial charge >= 0.3 is 0 Å². The average Bonchev–Trinajstić information content (AvgIpc) is 2.35. The lowest BCUT2D eigenvalue weighted by Gasteiger charge is -2.17. The van der Waals surface area contributed by atoms with Crippen LogP contribution < -0.4 is 10.6 Å². The van der Waals surface area contributed by atoms with Gasteiger partial charge in [-0.2, -0.15) is 0 Å². The molecule has 0 aliphatic carbocycles. The van der Waals surface area contributed by atoms with E-state index in [4.69, 9.17) is 5.11 Å². The minimum absolute atomic E-state index is 0.0319. The molecular formula is C14H20N2O3. The van der Waals surface area contributed by atoms with Gasteiger partial charge in [0.2, 0.25) is 11.8 Å². The van der Waals surface area contributed by atoms with E-state index in [0.717, 1.165) is 5.56 Å². The maximum absolute atomic E-state index is 11.6. The van der Waals surface area contributed by atoms with Crippen LogP contribution in [0.15, 0.2) is 24.3 Å².